The number of hydrogen-bond donors (Lipinski definition) is 1. The highest BCUT2D eigenvalue weighted by atomic mass is 35.5. The van der Waals surface area contributed by atoms with E-state index in [0.29, 0.717) is 17.2 Å². The molecule has 76 valence electrons. The van der Waals surface area contributed by atoms with Crippen molar-refractivity contribution in [1.82, 2.24) is 4.98 Å². The van der Waals surface area contributed by atoms with Gasteiger partial charge in [-0.1, -0.05) is 11.6 Å². The summed E-state index contributed by atoms with van der Waals surface area (Å²) in [5.41, 5.74) is 6.12. The Morgan fingerprint density at radius 2 is 2.43 bits per heavy atom. The van der Waals surface area contributed by atoms with E-state index in [1.807, 2.05) is 0 Å². The van der Waals surface area contributed by atoms with Crippen LogP contribution in [-0.4, -0.2) is 17.6 Å². The van der Waals surface area contributed by atoms with E-state index in [9.17, 15) is 4.79 Å². The summed E-state index contributed by atoms with van der Waals surface area (Å²) in [6.45, 7) is 2.13. The fourth-order valence-corrected chi connectivity index (χ4v) is 1.15. The number of halogens is 1. The van der Waals surface area contributed by atoms with Crippen LogP contribution in [0.4, 0.5) is 5.82 Å². The molecule has 2 N–H and O–H groups in total. The molecule has 0 amide bonds. The molecule has 0 atom stereocenters. The van der Waals surface area contributed by atoms with Gasteiger partial charge in [-0.3, -0.25) is 4.79 Å². The zero-order valence-corrected chi connectivity index (χ0v) is 8.54. The van der Waals surface area contributed by atoms with Gasteiger partial charge in [-0.15, -0.1) is 0 Å². The minimum absolute atomic E-state index is 0.167. The number of carbonyl (C=O) groups excluding carboxylic acids is 1. The molecule has 0 saturated heterocycles. The van der Waals surface area contributed by atoms with Crippen LogP contribution in [0.15, 0.2) is 12.3 Å². The monoisotopic (exact) mass is 214 g/mol. The molecule has 0 fully saturated rings. The highest BCUT2D eigenvalue weighted by molar-refractivity contribution is 6.32. The summed E-state index contributed by atoms with van der Waals surface area (Å²) in [6.07, 6.45) is 1.68. The molecule has 1 aromatic heterocycles. The van der Waals surface area contributed by atoms with Crippen LogP contribution in [0.5, 0.6) is 0 Å². The fourth-order valence-electron chi connectivity index (χ4n) is 0.963. The summed E-state index contributed by atoms with van der Waals surface area (Å²) in [6, 6.07) is 1.61. The SMILES string of the molecule is CCOC(=O)Cc1cnc(N)c(Cl)c1. The molecule has 0 aliphatic carbocycles. The van der Waals surface area contributed by atoms with Crippen molar-refractivity contribution in [2.24, 2.45) is 0 Å². The van der Waals surface area contributed by atoms with E-state index in [-0.39, 0.29) is 18.2 Å². The molecule has 5 heteroatoms. The first-order chi connectivity index (χ1) is 6.63. The average molecular weight is 215 g/mol. The number of rotatable bonds is 3. The number of hydrogen-bond acceptors (Lipinski definition) is 4. The van der Waals surface area contributed by atoms with E-state index in [1.54, 1.807) is 13.0 Å². The lowest BCUT2D eigenvalue weighted by Crippen LogP contribution is -2.08. The number of nitrogens with two attached hydrogens (primary N) is 1. The van der Waals surface area contributed by atoms with Crippen molar-refractivity contribution in [2.45, 2.75) is 13.3 Å². The average Bonchev–Trinajstić information content (AvgIpc) is 2.12. The highest BCUT2D eigenvalue weighted by Crippen LogP contribution is 2.17. The molecule has 0 bridgehead atoms. The highest BCUT2D eigenvalue weighted by Gasteiger charge is 2.06. The molecule has 0 radical (unpaired) electrons. The zero-order chi connectivity index (χ0) is 10.6. The number of carbonyl (C=O) groups is 1. The van der Waals surface area contributed by atoms with Crippen LogP contribution in [-0.2, 0) is 16.0 Å². The van der Waals surface area contributed by atoms with Crippen molar-refractivity contribution in [1.29, 1.82) is 0 Å². The van der Waals surface area contributed by atoms with Crippen molar-refractivity contribution in [3.63, 3.8) is 0 Å². The summed E-state index contributed by atoms with van der Waals surface area (Å²) in [5, 5.41) is 0.354. The van der Waals surface area contributed by atoms with Gasteiger partial charge in [0, 0.05) is 6.20 Å². The van der Waals surface area contributed by atoms with E-state index in [2.05, 4.69) is 4.98 Å². The molecule has 0 saturated carbocycles. The van der Waals surface area contributed by atoms with Crippen LogP contribution in [0, 0.1) is 0 Å². The lowest BCUT2D eigenvalue weighted by molar-refractivity contribution is -0.142. The first-order valence-corrected chi connectivity index (χ1v) is 4.56. The second kappa shape index (κ2) is 4.81. The van der Waals surface area contributed by atoms with Crippen LogP contribution >= 0.6 is 11.6 Å². The van der Waals surface area contributed by atoms with Gasteiger partial charge >= 0.3 is 5.97 Å². The van der Waals surface area contributed by atoms with Gasteiger partial charge in [0.15, 0.2) is 0 Å². The van der Waals surface area contributed by atoms with Crippen LogP contribution in [0.2, 0.25) is 5.02 Å². The fraction of sp³-hybridized carbons (Fsp3) is 0.333. The Bertz CT molecular complexity index is 342. The second-order valence-corrected chi connectivity index (χ2v) is 3.10. The van der Waals surface area contributed by atoms with Crippen LogP contribution in [0.1, 0.15) is 12.5 Å². The molecule has 14 heavy (non-hydrogen) atoms. The quantitative estimate of drug-likeness (QED) is 0.773. The Hall–Kier alpha value is -1.29. The molecular formula is C9H11ClN2O2. The largest absolute Gasteiger partial charge is 0.466 e. The number of pyridine rings is 1. The van der Waals surface area contributed by atoms with Gasteiger partial charge in [0.1, 0.15) is 5.82 Å². The Morgan fingerprint density at radius 3 is 3.00 bits per heavy atom. The van der Waals surface area contributed by atoms with Gasteiger partial charge in [0.25, 0.3) is 0 Å². The maximum atomic E-state index is 11.1. The smallest absolute Gasteiger partial charge is 0.310 e. The predicted molar refractivity (Wildman–Crippen MR) is 54.0 cm³/mol. The molecule has 4 nitrogen and oxygen atoms in total. The maximum absolute atomic E-state index is 11.1. The Labute approximate surface area is 87.0 Å². The number of ether oxygens (including phenoxy) is 1. The topological polar surface area (TPSA) is 65.2 Å². The molecule has 1 aromatic rings. The van der Waals surface area contributed by atoms with Gasteiger partial charge in [-0.2, -0.15) is 0 Å². The molecule has 0 aliphatic heterocycles. The van der Waals surface area contributed by atoms with Gasteiger partial charge in [-0.05, 0) is 18.6 Å². The van der Waals surface area contributed by atoms with Crippen LogP contribution in [0.25, 0.3) is 0 Å². The summed E-state index contributed by atoms with van der Waals surface area (Å²) in [5.74, 6) is -0.0330. The van der Waals surface area contributed by atoms with E-state index in [4.69, 9.17) is 22.1 Å². The third-order valence-corrected chi connectivity index (χ3v) is 1.88. The number of esters is 1. The third-order valence-electron chi connectivity index (χ3n) is 1.58. The van der Waals surface area contributed by atoms with E-state index >= 15 is 0 Å². The van der Waals surface area contributed by atoms with Crippen LogP contribution < -0.4 is 5.73 Å². The first kappa shape index (κ1) is 10.8. The Kier molecular flexibility index (Phi) is 3.71. The van der Waals surface area contributed by atoms with Gasteiger partial charge in [0.2, 0.25) is 0 Å². The van der Waals surface area contributed by atoms with E-state index < -0.39 is 0 Å². The normalized spacial score (nSPS) is 9.86. The van der Waals surface area contributed by atoms with Crippen molar-refractivity contribution < 1.29 is 9.53 Å². The van der Waals surface area contributed by atoms with Crippen molar-refractivity contribution in [2.75, 3.05) is 12.3 Å². The molecular weight excluding hydrogens is 204 g/mol. The number of aromatic nitrogens is 1. The number of anilines is 1. The number of nitrogens with zero attached hydrogens (tertiary/aromatic N) is 1. The molecule has 0 aromatic carbocycles. The minimum atomic E-state index is -0.296. The standard InChI is InChI=1S/C9H11ClN2O2/c1-2-14-8(13)4-6-3-7(10)9(11)12-5-6/h3,5H,2,4H2,1H3,(H2,11,12). The van der Waals surface area contributed by atoms with Gasteiger partial charge in [0.05, 0.1) is 18.1 Å². The lowest BCUT2D eigenvalue weighted by atomic mass is 10.2. The maximum Gasteiger partial charge on any atom is 0.310 e. The molecule has 0 spiro atoms. The molecule has 0 aliphatic rings. The summed E-state index contributed by atoms with van der Waals surface area (Å²) >= 11 is 5.73. The summed E-state index contributed by atoms with van der Waals surface area (Å²) < 4.78 is 4.77. The van der Waals surface area contributed by atoms with Crippen molar-refractivity contribution in [3.05, 3.63) is 22.8 Å². The Morgan fingerprint density at radius 1 is 1.71 bits per heavy atom. The predicted octanol–water partition coefficient (Wildman–Crippen LogP) is 1.42. The number of nitrogen functional groups attached to an aromatic ring is 1. The Balaban J connectivity index is 2.68. The van der Waals surface area contributed by atoms with Crippen LogP contribution in [0.3, 0.4) is 0 Å². The molecule has 1 rings (SSSR count). The molecule has 0 unspecified atom stereocenters. The van der Waals surface area contributed by atoms with E-state index in [1.165, 1.54) is 6.20 Å². The molecule has 1 heterocycles. The lowest BCUT2D eigenvalue weighted by Gasteiger charge is -2.03. The summed E-state index contributed by atoms with van der Waals surface area (Å²) in [4.78, 5) is 14.9. The summed E-state index contributed by atoms with van der Waals surface area (Å²) in [7, 11) is 0. The first-order valence-electron chi connectivity index (χ1n) is 4.19. The van der Waals surface area contributed by atoms with Gasteiger partial charge in [-0.25, -0.2) is 4.98 Å². The van der Waals surface area contributed by atoms with Crippen molar-refractivity contribution >= 4 is 23.4 Å². The van der Waals surface area contributed by atoms with Gasteiger partial charge < -0.3 is 10.5 Å². The zero-order valence-electron chi connectivity index (χ0n) is 7.79. The third kappa shape index (κ3) is 2.88. The van der Waals surface area contributed by atoms with E-state index in [0.717, 1.165) is 0 Å². The van der Waals surface area contributed by atoms with Crippen molar-refractivity contribution in [3.8, 4) is 0 Å². The second-order valence-electron chi connectivity index (χ2n) is 2.69. The minimum Gasteiger partial charge on any atom is -0.466 e.